The van der Waals surface area contributed by atoms with Crippen molar-refractivity contribution in [3.8, 4) is 0 Å². The molecule has 0 amide bonds. The third kappa shape index (κ3) is 2.01. The van der Waals surface area contributed by atoms with Gasteiger partial charge in [-0.25, -0.2) is 0 Å². The van der Waals surface area contributed by atoms with Crippen LogP contribution in [0.25, 0.3) is 0 Å². The fourth-order valence-corrected chi connectivity index (χ4v) is 2.31. The van der Waals surface area contributed by atoms with Gasteiger partial charge in [-0.3, -0.25) is 0 Å². The van der Waals surface area contributed by atoms with Crippen molar-refractivity contribution in [2.45, 2.75) is 33.2 Å². The minimum atomic E-state index is 0.0814. The molecule has 0 aliphatic carbocycles. The fourth-order valence-electron chi connectivity index (χ4n) is 1.81. The lowest BCUT2D eigenvalue weighted by Crippen LogP contribution is -2.47. The predicted octanol–water partition coefficient (Wildman–Crippen LogP) is 3.93. The van der Waals surface area contributed by atoms with Crippen molar-refractivity contribution in [2.75, 3.05) is 17.2 Å². The number of hydrogen-bond acceptors (Lipinski definition) is 2. The number of nitrogens with one attached hydrogen (secondary N) is 2. The fraction of sp³-hybridized carbons (Fsp3) is 0.538. The van der Waals surface area contributed by atoms with Crippen molar-refractivity contribution >= 4 is 34.0 Å². The topological polar surface area (TPSA) is 24.1 Å². The second-order valence-corrected chi connectivity index (χ2v) is 6.92. The molecule has 1 aliphatic rings. The maximum Gasteiger partial charge on any atom is 0.0586 e. The van der Waals surface area contributed by atoms with Crippen molar-refractivity contribution in [3.63, 3.8) is 0 Å². The molecule has 0 saturated carbocycles. The summed E-state index contributed by atoms with van der Waals surface area (Å²) in [7, 11) is 0. The third-order valence-corrected chi connectivity index (χ3v) is 4.51. The summed E-state index contributed by atoms with van der Waals surface area (Å²) in [6.45, 7) is 10.1. The summed E-state index contributed by atoms with van der Waals surface area (Å²) in [6.07, 6.45) is 0. The van der Waals surface area contributed by atoms with Gasteiger partial charge in [-0.1, -0.05) is 13.8 Å². The molecule has 2 N–H and O–H groups in total. The molecule has 1 aromatic rings. The molecule has 0 spiro atoms. The summed E-state index contributed by atoms with van der Waals surface area (Å²) < 4.78 is 1.27. The molecule has 0 saturated heterocycles. The van der Waals surface area contributed by atoms with Crippen LogP contribution in [0.2, 0.25) is 0 Å². The number of benzene rings is 1. The highest BCUT2D eigenvalue weighted by atomic mass is 127. The zero-order valence-corrected chi connectivity index (χ0v) is 12.5. The van der Waals surface area contributed by atoms with Crippen LogP contribution >= 0.6 is 22.6 Å². The molecule has 0 radical (unpaired) electrons. The molecule has 0 aromatic heterocycles. The molecule has 0 fully saturated rings. The predicted molar refractivity (Wildman–Crippen MR) is 79.1 cm³/mol. The van der Waals surface area contributed by atoms with Gasteiger partial charge in [-0.15, -0.1) is 0 Å². The molecule has 2 nitrogen and oxygen atoms in total. The first-order valence-corrected chi connectivity index (χ1v) is 6.71. The van der Waals surface area contributed by atoms with Gasteiger partial charge >= 0.3 is 0 Å². The molecule has 1 aliphatic heterocycles. The van der Waals surface area contributed by atoms with Gasteiger partial charge in [0, 0.05) is 21.1 Å². The standard InChI is InChI=1S/C13H19IN2/c1-12(2)8-15-11-7-9(14)5-6-10(11)16-13(12,3)4/h5-7,15-16H,8H2,1-4H3. The van der Waals surface area contributed by atoms with E-state index in [1.54, 1.807) is 0 Å². The summed E-state index contributed by atoms with van der Waals surface area (Å²) in [4.78, 5) is 0. The van der Waals surface area contributed by atoms with E-state index in [4.69, 9.17) is 0 Å². The Balaban J connectivity index is 2.43. The van der Waals surface area contributed by atoms with Crippen molar-refractivity contribution in [1.82, 2.24) is 0 Å². The zero-order chi connectivity index (χ0) is 12.0. The summed E-state index contributed by atoms with van der Waals surface area (Å²) in [5.41, 5.74) is 2.71. The average Bonchev–Trinajstić information content (AvgIpc) is 2.25. The number of hydrogen-bond donors (Lipinski definition) is 2. The van der Waals surface area contributed by atoms with E-state index in [1.807, 2.05) is 0 Å². The van der Waals surface area contributed by atoms with Crippen LogP contribution < -0.4 is 10.6 Å². The monoisotopic (exact) mass is 330 g/mol. The lowest BCUT2D eigenvalue weighted by molar-refractivity contribution is 0.245. The minimum absolute atomic E-state index is 0.0814. The molecule has 16 heavy (non-hydrogen) atoms. The number of halogens is 1. The number of fused-ring (bicyclic) bond motifs is 1. The van der Waals surface area contributed by atoms with Crippen molar-refractivity contribution in [1.29, 1.82) is 0 Å². The highest BCUT2D eigenvalue weighted by molar-refractivity contribution is 14.1. The summed E-state index contributed by atoms with van der Waals surface area (Å²) >= 11 is 2.35. The highest BCUT2D eigenvalue weighted by Gasteiger charge is 2.39. The molecule has 2 rings (SSSR count). The van der Waals surface area contributed by atoms with Crippen LogP contribution in [-0.4, -0.2) is 12.1 Å². The van der Waals surface area contributed by atoms with E-state index >= 15 is 0 Å². The first kappa shape index (κ1) is 12.0. The molecular formula is C13H19IN2. The van der Waals surface area contributed by atoms with Gasteiger partial charge in [0.2, 0.25) is 0 Å². The van der Waals surface area contributed by atoms with Gasteiger partial charge < -0.3 is 10.6 Å². The van der Waals surface area contributed by atoms with Crippen LogP contribution in [0.3, 0.4) is 0 Å². The van der Waals surface area contributed by atoms with Gasteiger partial charge in [0.05, 0.1) is 11.4 Å². The first-order valence-electron chi connectivity index (χ1n) is 5.63. The first-order chi connectivity index (χ1) is 7.32. The maximum atomic E-state index is 3.65. The van der Waals surface area contributed by atoms with Gasteiger partial charge in [-0.05, 0) is 54.6 Å². The largest absolute Gasteiger partial charge is 0.383 e. The van der Waals surface area contributed by atoms with Crippen LogP contribution in [0.15, 0.2) is 18.2 Å². The van der Waals surface area contributed by atoms with Gasteiger partial charge in [0.1, 0.15) is 0 Å². The van der Waals surface area contributed by atoms with Crippen LogP contribution in [-0.2, 0) is 0 Å². The lowest BCUT2D eigenvalue weighted by Gasteiger charge is -2.41. The van der Waals surface area contributed by atoms with Crippen LogP contribution in [0.1, 0.15) is 27.7 Å². The van der Waals surface area contributed by atoms with Crippen molar-refractivity contribution < 1.29 is 0 Å². The van der Waals surface area contributed by atoms with E-state index in [9.17, 15) is 0 Å². The van der Waals surface area contributed by atoms with Crippen LogP contribution in [0.5, 0.6) is 0 Å². The molecule has 88 valence electrons. The normalized spacial score (nSPS) is 21.3. The Kier molecular flexibility index (Phi) is 2.85. The van der Waals surface area contributed by atoms with Crippen molar-refractivity contribution in [3.05, 3.63) is 21.8 Å². The SMILES string of the molecule is CC1(C)CNc2cc(I)ccc2NC1(C)C. The maximum absolute atomic E-state index is 3.65. The van der Waals surface area contributed by atoms with Crippen molar-refractivity contribution in [2.24, 2.45) is 5.41 Å². The van der Waals surface area contributed by atoms with Crippen LogP contribution in [0, 0.1) is 8.99 Å². The Morgan fingerprint density at radius 1 is 1.12 bits per heavy atom. The third-order valence-electron chi connectivity index (χ3n) is 3.84. The Bertz CT molecular complexity index is 410. The minimum Gasteiger partial charge on any atom is -0.383 e. The van der Waals surface area contributed by atoms with Gasteiger partial charge in [-0.2, -0.15) is 0 Å². The van der Waals surface area contributed by atoms with Gasteiger partial charge in [0.25, 0.3) is 0 Å². The Hall–Kier alpha value is -0.450. The summed E-state index contributed by atoms with van der Waals surface area (Å²) in [5.74, 6) is 0. The molecule has 3 heteroatoms. The van der Waals surface area contributed by atoms with E-state index in [1.165, 1.54) is 14.9 Å². The zero-order valence-electron chi connectivity index (χ0n) is 10.3. The Morgan fingerprint density at radius 3 is 2.50 bits per heavy atom. The Labute approximate surface area is 111 Å². The smallest absolute Gasteiger partial charge is 0.0586 e. The summed E-state index contributed by atoms with van der Waals surface area (Å²) in [5, 5.41) is 7.19. The molecule has 0 atom stereocenters. The second-order valence-electron chi connectivity index (χ2n) is 5.68. The molecule has 1 heterocycles. The molecular weight excluding hydrogens is 311 g/mol. The van der Waals surface area contributed by atoms with E-state index in [-0.39, 0.29) is 11.0 Å². The molecule has 1 aromatic carbocycles. The second kappa shape index (κ2) is 3.79. The molecule has 0 bridgehead atoms. The molecule has 0 unspecified atom stereocenters. The lowest BCUT2D eigenvalue weighted by atomic mass is 9.74. The van der Waals surface area contributed by atoms with E-state index in [0.29, 0.717) is 0 Å². The van der Waals surface area contributed by atoms with E-state index in [2.05, 4.69) is 79.1 Å². The summed E-state index contributed by atoms with van der Waals surface area (Å²) in [6, 6.07) is 6.50. The van der Waals surface area contributed by atoms with Gasteiger partial charge in [0.15, 0.2) is 0 Å². The number of rotatable bonds is 0. The quantitative estimate of drug-likeness (QED) is 0.704. The highest BCUT2D eigenvalue weighted by Crippen LogP contribution is 2.39. The Morgan fingerprint density at radius 2 is 1.81 bits per heavy atom. The van der Waals surface area contributed by atoms with E-state index < -0.39 is 0 Å². The number of anilines is 2. The van der Waals surface area contributed by atoms with Crippen LogP contribution in [0.4, 0.5) is 11.4 Å². The average molecular weight is 330 g/mol. The van der Waals surface area contributed by atoms with E-state index in [0.717, 1.165) is 6.54 Å².